The summed E-state index contributed by atoms with van der Waals surface area (Å²) in [6.07, 6.45) is 0. The Bertz CT molecular complexity index is 643. The average Bonchev–Trinajstić information content (AvgIpc) is 2.42. The van der Waals surface area contributed by atoms with E-state index in [-0.39, 0.29) is 6.04 Å². The Hall–Kier alpha value is -1.10. The van der Waals surface area contributed by atoms with E-state index in [2.05, 4.69) is 45.6 Å². The normalized spacial score (nSPS) is 11.8. The molecule has 0 aromatic heterocycles. The van der Waals surface area contributed by atoms with E-state index >= 15 is 0 Å². The van der Waals surface area contributed by atoms with Crippen LogP contribution in [0.4, 0.5) is 5.69 Å². The van der Waals surface area contributed by atoms with Crippen LogP contribution in [0, 0.1) is 6.92 Å². The predicted molar refractivity (Wildman–Crippen MR) is 98.1 cm³/mol. The Kier molecular flexibility index (Phi) is 5.62. The Morgan fingerprint density at radius 1 is 1.19 bits per heavy atom. The molecule has 0 saturated heterocycles. The van der Waals surface area contributed by atoms with Crippen molar-refractivity contribution in [1.82, 2.24) is 5.32 Å². The van der Waals surface area contributed by atoms with Crippen LogP contribution < -0.4 is 10.6 Å². The second kappa shape index (κ2) is 7.25. The van der Waals surface area contributed by atoms with E-state index in [1.165, 1.54) is 5.56 Å². The van der Waals surface area contributed by atoms with Crippen molar-refractivity contribution in [2.75, 3.05) is 5.32 Å². The van der Waals surface area contributed by atoms with Crippen molar-refractivity contribution in [1.29, 1.82) is 0 Å². The van der Waals surface area contributed by atoms with Gasteiger partial charge in [-0.1, -0.05) is 39.7 Å². The van der Waals surface area contributed by atoms with Gasteiger partial charge in [-0.15, -0.1) is 0 Å². The van der Waals surface area contributed by atoms with Crippen molar-refractivity contribution in [3.05, 3.63) is 63.1 Å². The van der Waals surface area contributed by atoms with Crippen molar-refractivity contribution < 1.29 is 0 Å². The number of anilines is 1. The molecule has 110 valence electrons. The number of rotatable bonds is 3. The first-order valence-corrected chi connectivity index (χ1v) is 8.13. The first kappa shape index (κ1) is 16.3. The molecule has 2 aromatic rings. The van der Waals surface area contributed by atoms with E-state index in [9.17, 15) is 0 Å². The van der Waals surface area contributed by atoms with Crippen LogP contribution >= 0.6 is 39.7 Å². The molecule has 2 aromatic carbocycles. The number of benzene rings is 2. The zero-order valence-electron chi connectivity index (χ0n) is 11.8. The molecule has 0 fully saturated rings. The van der Waals surface area contributed by atoms with Crippen LogP contribution in [0.25, 0.3) is 0 Å². The van der Waals surface area contributed by atoms with Crippen LogP contribution in [0.3, 0.4) is 0 Å². The smallest absolute Gasteiger partial charge is 0.171 e. The molecular formula is C16H16BrClN2S. The lowest BCUT2D eigenvalue weighted by Gasteiger charge is -2.18. The first-order chi connectivity index (χ1) is 9.95. The molecule has 0 saturated carbocycles. The average molecular weight is 384 g/mol. The van der Waals surface area contributed by atoms with Gasteiger partial charge in [-0.25, -0.2) is 0 Å². The molecule has 0 aliphatic carbocycles. The first-order valence-electron chi connectivity index (χ1n) is 6.55. The van der Waals surface area contributed by atoms with E-state index in [1.807, 2.05) is 37.3 Å². The molecule has 0 radical (unpaired) electrons. The third-order valence-electron chi connectivity index (χ3n) is 3.15. The number of hydrogen-bond donors (Lipinski definition) is 2. The van der Waals surface area contributed by atoms with Crippen molar-refractivity contribution in [3.63, 3.8) is 0 Å². The highest BCUT2D eigenvalue weighted by Crippen LogP contribution is 2.20. The van der Waals surface area contributed by atoms with Gasteiger partial charge in [0.1, 0.15) is 0 Å². The molecule has 0 aliphatic rings. The molecule has 0 amide bonds. The van der Waals surface area contributed by atoms with E-state index < -0.39 is 0 Å². The molecule has 0 aliphatic heterocycles. The summed E-state index contributed by atoms with van der Waals surface area (Å²) in [5, 5.41) is 7.80. The van der Waals surface area contributed by atoms with Crippen molar-refractivity contribution in [2.45, 2.75) is 19.9 Å². The van der Waals surface area contributed by atoms with Gasteiger partial charge in [0.05, 0.1) is 6.04 Å². The predicted octanol–water partition coefficient (Wildman–Crippen LogP) is 5.46. The minimum Gasteiger partial charge on any atom is -0.356 e. The van der Waals surface area contributed by atoms with E-state index in [0.29, 0.717) is 5.11 Å². The van der Waals surface area contributed by atoms with E-state index in [1.54, 1.807) is 0 Å². The summed E-state index contributed by atoms with van der Waals surface area (Å²) in [5.41, 5.74) is 3.19. The number of aryl methyl sites for hydroxylation is 1. The number of halogens is 2. The van der Waals surface area contributed by atoms with Crippen molar-refractivity contribution in [3.8, 4) is 0 Å². The summed E-state index contributed by atoms with van der Waals surface area (Å²) >= 11 is 14.8. The Balaban J connectivity index is 1.99. The highest BCUT2D eigenvalue weighted by Gasteiger charge is 2.08. The fourth-order valence-electron chi connectivity index (χ4n) is 1.96. The molecule has 1 unspecified atom stereocenters. The largest absolute Gasteiger partial charge is 0.356 e. The molecule has 2 nitrogen and oxygen atoms in total. The number of nitrogens with one attached hydrogen (secondary N) is 2. The van der Waals surface area contributed by atoms with E-state index in [4.69, 9.17) is 23.8 Å². The minimum absolute atomic E-state index is 0.130. The summed E-state index contributed by atoms with van der Waals surface area (Å²) in [6, 6.07) is 14.0. The molecule has 5 heteroatoms. The summed E-state index contributed by atoms with van der Waals surface area (Å²) in [4.78, 5) is 0. The Labute approximate surface area is 144 Å². The quantitative estimate of drug-likeness (QED) is 0.688. The molecule has 21 heavy (non-hydrogen) atoms. The van der Waals surface area contributed by atoms with Crippen LogP contribution in [0.15, 0.2) is 46.9 Å². The maximum absolute atomic E-state index is 5.95. The standard InChI is InChI=1S/C16H16BrClN2S/c1-10-9-14(18)7-8-15(10)20-16(21)19-11(2)12-3-5-13(17)6-4-12/h3-9,11H,1-2H3,(H2,19,20,21). The van der Waals surface area contributed by atoms with Gasteiger partial charge in [0.2, 0.25) is 0 Å². The van der Waals surface area contributed by atoms with Crippen LogP contribution in [0.2, 0.25) is 5.02 Å². The van der Waals surface area contributed by atoms with Crippen molar-refractivity contribution >= 4 is 50.5 Å². The van der Waals surface area contributed by atoms with E-state index in [0.717, 1.165) is 20.7 Å². The maximum atomic E-state index is 5.95. The zero-order valence-corrected chi connectivity index (χ0v) is 14.9. The summed E-state index contributed by atoms with van der Waals surface area (Å²) in [6.45, 7) is 4.07. The van der Waals surface area contributed by atoms with Crippen LogP contribution in [-0.2, 0) is 0 Å². The summed E-state index contributed by atoms with van der Waals surface area (Å²) in [5.74, 6) is 0. The third kappa shape index (κ3) is 4.70. The topological polar surface area (TPSA) is 24.1 Å². The van der Waals surface area contributed by atoms with Crippen LogP contribution in [0.1, 0.15) is 24.1 Å². The molecule has 0 spiro atoms. The van der Waals surface area contributed by atoms with Crippen LogP contribution in [0.5, 0.6) is 0 Å². The highest BCUT2D eigenvalue weighted by atomic mass is 79.9. The Morgan fingerprint density at radius 2 is 1.86 bits per heavy atom. The molecule has 2 rings (SSSR count). The Morgan fingerprint density at radius 3 is 2.48 bits per heavy atom. The van der Waals surface area contributed by atoms with Gasteiger partial charge in [-0.05, 0) is 67.5 Å². The lowest BCUT2D eigenvalue weighted by Crippen LogP contribution is -2.31. The third-order valence-corrected chi connectivity index (χ3v) is 4.14. The molecule has 2 N–H and O–H groups in total. The van der Waals surface area contributed by atoms with Gasteiger partial charge >= 0.3 is 0 Å². The second-order valence-electron chi connectivity index (χ2n) is 4.83. The minimum atomic E-state index is 0.130. The summed E-state index contributed by atoms with van der Waals surface area (Å²) in [7, 11) is 0. The van der Waals surface area contributed by atoms with Crippen LogP contribution in [-0.4, -0.2) is 5.11 Å². The summed E-state index contributed by atoms with van der Waals surface area (Å²) < 4.78 is 1.07. The van der Waals surface area contributed by atoms with Gasteiger partial charge in [-0.3, -0.25) is 0 Å². The highest BCUT2D eigenvalue weighted by molar-refractivity contribution is 9.10. The van der Waals surface area contributed by atoms with Crippen molar-refractivity contribution in [2.24, 2.45) is 0 Å². The lowest BCUT2D eigenvalue weighted by molar-refractivity contribution is 0.722. The van der Waals surface area contributed by atoms with Gasteiger partial charge in [0.25, 0.3) is 0 Å². The zero-order chi connectivity index (χ0) is 15.4. The lowest BCUT2D eigenvalue weighted by atomic mass is 10.1. The maximum Gasteiger partial charge on any atom is 0.171 e. The molecule has 0 bridgehead atoms. The van der Waals surface area contributed by atoms with Gasteiger partial charge in [0.15, 0.2) is 5.11 Å². The molecule has 0 heterocycles. The van der Waals surface area contributed by atoms with Gasteiger partial charge in [0, 0.05) is 15.2 Å². The fraction of sp³-hybridized carbons (Fsp3) is 0.188. The number of hydrogen-bond acceptors (Lipinski definition) is 1. The second-order valence-corrected chi connectivity index (χ2v) is 6.59. The number of thiocarbonyl (C=S) groups is 1. The molecule has 1 atom stereocenters. The van der Waals surface area contributed by atoms with Gasteiger partial charge < -0.3 is 10.6 Å². The SMILES string of the molecule is Cc1cc(Cl)ccc1NC(=S)NC(C)c1ccc(Br)cc1. The molecular weight excluding hydrogens is 368 g/mol. The van der Waals surface area contributed by atoms with Gasteiger partial charge in [-0.2, -0.15) is 0 Å². The monoisotopic (exact) mass is 382 g/mol. The fourth-order valence-corrected chi connectivity index (χ4v) is 2.73.